The van der Waals surface area contributed by atoms with Gasteiger partial charge in [-0.3, -0.25) is 4.79 Å². The summed E-state index contributed by atoms with van der Waals surface area (Å²) in [5.41, 5.74) is -0.293. The lowest BCUT2D eigenvalue weighted by molar-refractivity contribution is -0.141. The van der Waals surface area contributed by atoms with E-state index in [-0.39, 0.29) is 23.5 Å². The Morgan fingerprint density at radius 1 is 1.57 bits per heavy atom. The van der Waals surface area contributed by atoms with Crippen molar-refractivity contribution in [3.05, 3.63) is 0 Å². The Balaban J connectivity index is 2.70. The largest absolute Gasteiger partial charge is 0.391 e. The summed E-state index contributed by atoms with van der Waals surface area (Å²) >= 11 is 0. The minimum Gasteiger partial charge on any atom is -0.391 e. The fourth-order valence-electron chi connectivity index (χ4n) is 1.83. The molecule has 1 saturated heterocycles. The summed E-state index contributed by atoms with van der Waals surface area (Å²) in [6.45, 7) is 8.46. The van der Waals surface area contributed by atoms with Crippen LogP contribution in [0.1, 0.15) is 40.5 Å². The number of hydrogen-bond acceptors (Lipinski definition) is 2. The van der Waals surface area contributed by atoms with Crippen LogP contribution in [0.25, 0.3) is 0 Å². The van der Waals surface area contributed by atoms with E-state index < -0.39 is 0 Å². The highest BCUT2D eigenvalue weighted by molar-refractivity contribution is 5.82. The number of rotatable bonds is 2. The van der Waals surface area contributed by atoms with E-state index in [1.165, 1.54) is 0 Å². The first kappa shape index (κ1) is 11.5. The molecule has 2 unspecified atom stereocenters. The first-order chi connectivity index (χ1) is 6.38. The molecule has 0 aromatic heterocycles. The van der Waals surface area contributed by atoms with E-state index in [4.69, 9.17) is 0 Å². The van der Waals surface area contributed by atoms with Gasteiger partial charge in [0, 0.05) is 18.0 Å². The Morgan fingerprint density at radius 3 is 2.50 bits per heavy atom. The number of likely N-dealkylation sites (tertiary alicyclic amines) is 1. The summed E-state index contributed by atoms with van der Waals surface area (Å²) < 4.78 is 0. The topological polar surface area (TPSA) is 40.5 Å². The van der Waals surface area contributed by atoms with Crippen molar-refractivity contribution >= 4 is 5.91 Å². The molecule has 14 heavy (non-hydrogen) atoms. The van der Waals surface area contributed by atoms with Gasteiger partial charge in [-0.05, 0) is 19.8 Å². The van der Waals surface area contributed by atoms with Gasteiger partial charge in [0.1, 0.15) is 0 Å². The van der Waals surface area contributed by atoms with Gasteiger partial charge in [-0.25, -0.2) is 0 Å². The summed E-state index contributed by atoms with van der Waals surface area (Å²) in [5, 5.41) is 9.46. The summed E-state index contributed by atoms with van der Waals surface area (Å²) in [6, 6.07) is 0.184. The van der Waals surface area contributed by atoms with Crippen LogP contribution in [0.3, 0.4) is 0 Å². The molecule has 1 amide bonds. The third-order valence-electron chi connectivity index (χ3n) is 3.28. The first-order valence-corrected chi connectivity index (χ1v) is 5.37. The lowest BCUT2D eigenvalue weighted by Crippen LogP contribution is -2.42. The fraction of sp³-hybridized carbons (Fsp3) is 0.909. The number of carbonyl (C=O) groups is 1. The van der Waals surface area contributed by atoms with Crippen LogP contribution in [0, 0.1) is 5.41 Å². The smallest absolute Gasteiger partial charge is 0.228 e. The highest BCUT2D eigenvalue weighted by atomic mass is 16.3. The van der Waals surface area contributed by atoms with E-state index in [0.717, 1.165) is 6.42 Å². The van der Waals surface area contributed by atoms with Crippen LogP contribution in [-0.4, -0.2) is 34.6 Å². The number of nitrogens with zero attached hydrogens (tertiary/aromatic N) is 1. The molecule has 0 bridgehead atoms. The normalized spacial score (nSPS) is 28.2. The lowest BCUT2D eigenvalue weighted by atomic mass is 9.88. The number of β-amino-alcohol motifs (C(OH)–C–C–N with tert-alkyl or cyclic N) is 1. The molecule has 1 fully saturated rings. The average molecular weight is 199 g/mol. The van der Waals surface area contributed by atoms with Crippen molar-refractivity contribution in [1.29, 1.82) is 0 Å². The Hall–Kier alpha value is -0.570. The predicted molar refractivity (Wildman–Crippen MR) is 55.9 cm³/mol. The van der Waals surface area contributed by atoms with E-state index in [9.17, 15) is 9.90 Å². The van der Waals surface area contributed by atoms with Crippen LogP contribution in [0.2, 0.25) is 0 Å². The molecule has 3 heteroatoms. The number of amides is 1. The van der Waals surface area contributed by atoms with Crippen LogP contribution in [0.15, 0.2) is 0 Å². The summed E-state index contributed by atoms with van der Waals surface area (Å²) in [6.07, 6.45) is 1.22. The standard InChI is InChI=1S/C11H21NO2/c1-5-11(3,4)10(14)12-7-9(13)6-8(12)2/h8-9,13H,5-7H2,1-4H3. The third-order valence-corrected chi connectivity index (χ3v) is 3.28. The first-order valence-electron chi connectivity index (χ1n) is 5.37. The molecule has 2 atom stereocenters. The van der Waals surface area contributed by atoms with Gasteiger partial charge < -0.3 is 10.0 Å². The highest BCUT2D eigenvalue weighted by Gasteiger charge is 2.37. The van der Waals surface area contributed by atoms with Gasteiger partial charge in [0.05, 0.1) is 6.10 Å². The van der Waals surface area contributed by atoms with Gasteiger partial charge in [0.25, 0.3) is 0 Å². The maximum absolute atomic E-state index is 12.1. The van der Waals surface area contributed by atoms with Crippen LogP contribution in [0.5, 0.6) is 0 Å². The number of aliphatic hydroxyl groups is 1. The molecular weight excluding hydrogens is 178 g/mol. The van der Waals surface area contributed by atoms with Crippen LogP contribution >= 0.6 is 0 Å². The van der Waals surface area contributed by atoms with Crippen molar-refractivity contribution in [2.45, 2.75) is 52.7 Å². The number of carbonyl (C=O) groups excluding carboxylic acids is 1. The van der Waals surface area contributed by atoms with Gasteiger partial charge in [-0.15, -0.1) is 0 Å². The quantitative estimate of drug-likeness (QED) is 0.730. The predicted octanol–water partition coefficient (Wildman–Crippen LogP) is 1.40. The van der Waals surface area contributed by atoms with Crippen molar-refractivity contribution in [2.75, 3.05) is 6.54 Å². The molecule has 0 radical (unpaired) electrons. The molecule has 1 aliphatic heterocycles. The zero-order valence-electron chi connectivity index (χ0n) is 9.58. The summed E-state index contributed by atoms with van der Waals surface area (Å²) in [7, 11) is 0. The van der Waals surface area contributed by atoms with Gasteiger partial charge in [0.15, 0.2) is 0 Å². The van der Waals surface area contributed by atoms with Gasteiger partial charge in [-0.2, -0.15) is 0 Å². The van der Waals surface area contributed by atoms with Crippen molar-refractivity contribution < 1.29 is 9.90 Å². The van der Waals surface area contributed by atoms with E-state index >= 15 is 0 Å². The van der Waals surface area contributed by atoms with Crippen molar-refractivity contribution in [3.63, 3.8) is 0 Å². The Kier molecular flexibility index (Phi) is 3.20. The molecule has 0 aliphatic carbocycles. The van der Waals surface area contributed by atoms with Crippen LogP contribution in [-0.2, 0) is 4.79 Å². The Labute approximate surface area is 86.1 Å². The summed E-state index contributed by atoms with van der Waals surface area (Å²) in [4.78, 5) is 13.9. The molecule has 82 valence electrons. The minimum atomic E-state index is -0.332. The summed E-state index contributed by atoms with van der Waals surface area (Å²) in [5.74, 6) is 0.170. The number of hydrogen-bond donors (Lipinski definition) is 1. The molecule has 0 saturated carbocycles. The maximum Gasteiger partial charge on any atom is 0.228 e. The van der Waals surface area contributed by atoms with Crippen molar-refractivity contribution in [3.8, 4) is 0 Å². The second-order valence-corrected chi connectivity index (χ2v) is 4.93. The fourth-order valence-corrected chi connectivity index (χ4v) is 1.83. The molecular formula is C11H21NO2. The Morgan fingerprint density at radius 2 is 2.14 bits per heavy atom. The molecule has 3 nitrogen and oxygen atoms in total. The van der Waals surface area contributed by atoms with E-state index in [1.54, 1.807) is 0 Å². The zero-order chi connectivity index (χ0) is 10.9. The monoisotopic (exact) mass is 199 g/mol. The second kappa shape index (κ2) is 3.89. The molecule has 1 N–H and O–H groups in total. The molecule has 0 spiro atoms. The minimum absolute atomic E-state index is 0.170. The average Bonchev–Trinajstić information content (AvgIpc) is 2.44. The molecule has 0 aromatic rings. The molecule has 1 aliphatic rings. The van der Waals surface area contributed by atoms with Crippen LogP contribution in [0.4, 0.5) is 0 Å². The molecule has 1 rings (SSSR count). The third kappa shape index (κ3) is 2.08. The molecule has 1 heterocycles. The molecule has 0 aromatic carbocycles. The number of aliphatic hydroxyl groups excluding tert-OH is 1. The van der Waals surface area contributed by atoms with Crippen LogP contribution < -0.4 is 0 Å². The maximum atomic E-state index is 12.1. The zero-order valence-corrected chi connectivity index (χ0v) is 9.58. The SMILES string of the molecule is CCC(C)(C)C(=O)N1CC(O)CC1C. The lowest BCUT2D eigenvalue weighted by Gasteiger charge is -2.30. The second-order valence-electron chi connectivity index (χ2n) is 4.93. The van der Waals surface area contributed by atoms with Gasteiger partial charge in [-0.1, -0.05) is 20.8 Å². The highest BCUT2D eigenvalue weighted by Crippen LogP contribution is 2.28. The Bertz CT molecular complexity index is 225. The van der Waals surface area contributed by atoms with Crippen molar-refractivity contribution in [2.24, 2.45) is 5.41 Å². The van der Waals surface area contributed by atoms with E-state index in [2.05, 4.69) is 0 Å². The van der Waals surface area contributed by atoms with Gasteiger partial charge in [0.2, 0.25) is 5.91 Å². The van der Waals surface area contributed by atoms with Gasteiger partial charge >= 0.3 is 0 Å². The van der Waals surface area contributed by atoms with E-state index in [0.29, 0.717) is 13.0 Å². The van der Waals surface area contributed by atoms with Crippen molar-refractivity contribution in [1.82, 2.24) is 4.90 Å². The van der Waals surface area contributed by atoms with E-state index in [1.807, 2.05) is 32.6 Å².